The molecule has 0 amide bonds. The summed E-state index contributed by atoms with van der Waals surface area (Å²) in [5.41, 5.74) is 0.170. The van der Waals surface area contributed by atoms with E-state index in [0.29, 0.717) is 32.3 Å². The molecule has 1 aliphatic rings. The molecule has 1 saturated heterocycles. The van der Waals surface area contributed by atoms with Crippen LogP contribution in [0, 0.1) is 5.82 Å². The van der Waals surface area contributed by atoms with Crippen molar-refractivity contribution in [1.82, 2.24) is 9.97 Å². The van der Waals surface area contributed by atoms with Gasteiger partial charge in [0.1, 0.15) is 16.5 Å². The molecule has 1 N–H and O–H groups in total. The first-order chi connectivity index (χ1) is 12.0. The van der Waals surface area contributed by atoms with Crippen LogP contribution in [-0.2, 0) is 14.8 Å². The minimum Gasteiger partial charge on any atom is -0.495 e. The van der Waals surface area contributed by atoms with E-state index in [1.807, 2.05) is 4.90 Å². The van der Waals surface area contributed by atoms with Crippen molar-refractivity contribution >= 4 is 21.7 Å². The Labute approximate surface area is 144 Å². The molecule has 0 aliphatic carbocycles. The number of sulfonamides is 1. The van der Waals surface area contributed by atoms with E-state index in [4.69, 9.17) is 9.47 Å². The van der Waals surface area contributed by atoms with Crippen LogP contribution in [0.15, 0.2) is 35.5 Å². The van der Waals surface area contributed by atoms with Gasteiger partial charge in [-0.05, 0) is 18.2 Å². The number of methoxy groups -OCH3 is 1. The third-order valence-corrected chi connectivity index (χ3v) is 5.00. The lowest BCUT2D eigenvalue weighted by Crippen LogP contribution is -2.37. The highest BCUT2D eigenvalue weighted by molar-refractivity contribution is 7.92. The van der Waals surface area contributed by atoms with Gasteiger partial charge in [0.2, 0.25) is 5.95 Å². The predicted octanol–water partition coefficient (Wildman–Crippen LogP) is 1.26. The standard InChI is InChI=1S/C15H17FN4O4S/c1-23-13-3-2-11(16)8-14(13)25(21,22)19-12-9-17-15(18-10-12)20-4-6-24-7-5-20/h2-3,8-10,19H,4-7H2,1H3. The third kappa shape index (κ3) is 3.97. The Morgan fingerprint density at radius 3 is 2.56 bits per heavy atom. The molecule has 0 radical (unpaired) electrons. The lowest BCUT2D eigenvalue weighted by molar-refractivity contribution is 0.122. The van der Waals surface area contributed by atoms with Gasteiger partial charge in [0.15, 0.2) is 0 Å². The van der Waals surface area contributed by atoms with Gasteiger partial charge >= 0.3 is 0 Å². The molecule has 134 valence electrons. The molecule has 0 spiro atoms. The van der Waals surface area contributed by atoms with Crippen LogP contribution in [-0.4, -0.2) is 51.8 Å². The quantitative estimate of drug-likeness (QED) is 0.849. The largest absolute Gasteiger partial charge is 0.495 e. The SMILES string of the molecule is COc1ccc(F)cc1S(=O)(=O)Nc1cnc(N2CCOCC2)nc1. The molecule has 2 aromatic rings. The Balaban J connectivity index is 1.80. The van der Waals surface area contributed by atoms with E-state index in [0.717, 1.165) is 12.1 Å². The van der Waals surface area contributed by atoms with E-state index in [1.165, 1.54) is 25.6 Å². The van der Waals surface area contributed by atoms with Gasteiger partial charge < -0.3 is 14.4 Å². The zero-order chi connectivity index (χ0) is 17.9. The molecule has 1 aromatic carbocycles. The second-order valence-electron chi connectivity index (χ2n) is 5.27. The summed E-state index contributed by atoms with van der Waals surface area (Å²) in [5, 5.41) is 0. The van der Waals surface area contributed by atoms with Crippen LogP contribution in [0.2, 0.25) is 0 Å². The van der Waals surface area contributed by atoms with Crippen LogP contribution in [0.3, 0.4) is 0 Å². The van der Waals surface area contributed by atoms with E-state index >= 15 is 0 Å². The maximum Gasteiger partial charge on any atom is 0.265 e. The molecule has 0 unspecified atom stereocenters. The van der Waals surface area contributed by atoms with Crippen molar-refractivity contribution < 1.29 is 22.3 Å². The lowest BCUT2D eigenvalue weighted by atomic mass is 10.3. The van der Waals surface area contributed by atoms with E-state index < -0.39 is 15.8 Å². The molecule has 0 atom stereocenters. The van der Waals surface area contributed by atoms with Crippen LogP contribution in [0.4, 0.5) is 16.0 Å². The van der Waals surface area contributed by atoms with Gasteiger partial charge in [-0.25, -0.2) is 22.8 Å². The number of ether oxygens (including phenoxy) is 2. The second kappa shape index (κ2) is 7.19. The summed E-state index contributed by atoms with van der Waals surface area (Å²) in [5.74, 6) is -0.144. The number of nitrogens with zero attached hydrogens (tertiary/aromatic N) is 3. The zero-order valence-electron chi connectivity index (χ0n) is 13.5. The highest BCUT2D eigenvalue weighted by atomic mass is 32.2. The molecule has 0 bridgehead atoms. The summed E-state index contributed by atoms with van der Waals surface area (Å²) in [6.07, 6.45) is 2.72. The van der Waals surface area contributed by atoms with E-state index in [1.54, 1.807) is 0 Å². The number of halogens is 1. The second-order valence-corrected chi connectivity index (χ2v) is 6.92. The summed E-state index contributed by atoms with van der Waals surface area (Å²) in [7, 11) is -2.73. The molecule has 1 aromatic heterocycles. The molecule has 3 rings (SSSR count). The molecule has 8 nitrogen and oxygen atoms in total. The van der Waals surface area contributed by atoms with Gasteiger partial charge in [0.25, 0.3) is 10.0 Å². The number of aromatic nitrogens is 2. The normalized spacial score (nSPS) is 15.0. The molecule has 0 saturated carbocycles. The Kier molecular flexibility index (Phi) is 5.00. The Morgan fingerprint density at radius 2 is 1.92 bits per heavy atom. The van der Waals surface area contributed by atoms with Crippen LogP contribution in [0.25, 0.3) is 0 Å². The summed E-state index contributed by atoms with van der Waals surface area (Å²) in [4.78, 5) is 9.98. The Hall–Kier alpha value is -2.46. The molecule has 1 aliphatic heterocycles. The first-order valence-electron chi connectivity index (χ1n) is 7.51. The minimum atomic E-state index is -4.04. The molecular formula is C15H17FN4O4S. The first-order valence-corrected chi connectivity index (χ1v) is 8.99. The number of hydrogen-bond donors (Lipinski definition) is 1. The molecule has 1 fully saturated rings. The van der Waals surface area contributed by atoms with Crippen molar-refractivity contribution in [2.24, 2.45) is 0 Å². The van der Waals surface area contributed by atoms with E-state index in [2.05, 4.69) is 14.7 Å². The van der Waals surface area contributed by atoms with Crippen molar-refractivity contribution in [2.45, 2.75) is 4.90 Å². The van der Waals surface area contributed by atoms with Crippen molar-refractivity contribution in [3.05, 3.63) is 36.4 Å². The summed E-state index contributed by atoms with van der Waals surface area (Å²) in [6, 6.07) is 3.27. The fourth-order valence-corrected chi connectivity index (χ4v) is 3.58. The summed E-state index contributed by atoms with van der Waals surface area (Å²) >= 11 is 0. The maximum absolute atomic E-state index is 13.4. The topological polar surface area (TPSA) is 93.7 Å². The zero-order valence-corrected chi connectivity index (χ0v) is 14.3. The number of hydrogen-bond acceptors (Lipinski definition) is 7. The van der Waals surface area contributed by atoms with Crippen LogP contribution < -0.4 is 14.4 Å². The number of anilines is 2. The van der Waals surface area contributed by atoms with Crippen molar-refractivity contribution in [1.29, 1.82) is 0 Å². The number of morpholine rings is 1. The fraction of sp³-hybridized carbons (Fsp3) is 0.333. The average Bonchev–Trinajstić information content (AvgIpc) is 2.63. The smallest absolute Gasteiger partial charge is 0.265 e. The number of nitrogens with one attached hydrogen (secondary N) is 1. The van der Waals surface area contributed by atoms with Gasteiger partial charge in [-0.2, -0.15) is 0 Å². The molecule has 10 heteroatoms. The summed E-state index contributed by atoms with van der Waals surface area (Å²) in [6.45, 7) is 2.53. The Morgan fingerprint density at radius 1 is 1.24 bits per heavy atom. The monoisotopic (exact) mass is 368 g/mol. The van der Waals surface area contributed by atoms with Gasteiger partial charge in [0, 0.05) is 13.1 Å². The van der Waals surface area contributed by atoms with Gasteiger partial charge in [0.05, 0.1) is 38.4 Å². The maximum atomic E-state index is 13.4. The molecule has 25 heavy (non-hydrogen) atoms. The van der Waals surface area contributed by atoms with Gasteiger partial charge in [-0.1, -0.05) is 0 Å². The van der Waals surface area contributed by atoms with Crippen molar-refractivity contribution in [2.75, 3.05) is 43.0 Å². The highest BCUT2D eigenvalue weighted by Gasteiger charge is 2.21. The Bertz CT molecular complexity index is 839. The van der Waals surface area contributed by atoms with Gasteiger partial charge in [-0.3, -0.25) is 4.72 Å². The van der Waals surface area contributed by atoms with Crippen molar-refractivity contribution in [3.8, 4) is 5.75 Å². The minimum absolute atomic E-state index is 0.0414. The average molecular weight is 368 g/mol. The lowest BCUT2D eigenvalue weighted by Gasteiger charge is -2.26. The van der Waals surface area contributed by atoms with Crippen molar-refractivity contribution in [3.63, 3.8) is 0 Å². The highest BCUT2D eigenvalue weighted by Crippen LogP contribution is 2.26. The first kappa shape index (κ1) is 17.4. The van der Waals surface area contributed by atoms with Crippen LogP contribution in [0.5, 0.6) is 5.75 Å². The number of benzene rings is 1. The van der Waals surface area contributed by atoms with Crippen LogP contribution in [0.1, 0.15) is 0 Å². The van der Waals surface area contributed by atoms with E-state index in [-0.39, 0.29) is 16.3 Å². The van der Waals surface area contributed by atoms with E-state index in [9.17, 15) is 12.8 Å². The summed E-state index contributed by atoms with van der Waals surface area (Å²) < 4.78 is 51.0. The molecular weight excluding hydrogens is 351 g/mol. The fourth-order valence-electron chi connectivity index (χ4n) is 2.37. The number of rotatable bonds is 5. The molecule has 2 heterocycles. The van der Waals surface area contributed by atoms with Crippen LogP contribution >= 0.6 is 0 Å². The van der Waals surface area contributed by atoms with Gasteiger partial charge in [-0.15, -0.1) is 0 Å². The third-order valence-electron chi connectivity index (χ3n) is 3.60. The predicted molar refractivity (Wildman–Crippen MR) is 88.8 cm³/mol.